The molecule has 0 aliphatic rings. The van der Waals surface area contributed by atoms with Gasteiger partial charge in [-0.05, 0) is 18.4 Å². The minimum Gasteiger partial charge on any atom is -0.355 e. The van der Waals surface area contributed by atoms with Crippen molar-refractivity contribution >= 4 is 29.0 Å². The normalized spacial score (nSPS) is 13.7. The van der Waals surface area contributed by atoms with Gasteiger partial charge >= 0.3 is 0 Å². The van der Waals surface area contributed by atoms with Gasteiger partial charge in [-0.25, -0.2) is 0 Å². The van der Waals surface area contributed by atoms with Crippen molar-refractivity contribution in [1.82, 2.24) is 15.5 Å². The molecule has 0 aliphatic heterocycles. The Hall–Kier alpha value is -1.40. The van der Waals surface area contributed by atoms with Gasteiger partial charge in [0.25, 0.3) is 0 Å². The van der Waals surface area contributed by atoms with Crippen LogP contribution >= 0.6 is 23.1 Å². The smallest absolute Gasteiger partial charge is 0.233 e. The lowest BCUT2D eigenvalue weighted by molar-refractivity contribution is -0.120. The zero-order valence-corrected chi connectivity index (χ0v) is 13.1. The Kier molecular flexibility index (Phi) is 5.55. The first kappa shape index (κ1) is 15.0. The topological polar surface area (TPSA) is 54.9 Å². The molecular weight excluding hydrogens is 290 g/mol. The van der Waals surface area contributed by atoms with Gasteiger partial charge in [-0.1, -0.05) is 60.4 Å². The van der Waals surface area contributed by atoms with Gasteiger partial charge in [0.15, 0.2) is 4.34 Å². The van der Waals surface area contributed by atoms with E-state index in [-0.39, 0.29) is 11.2 Å². The van der Waals surface area contributed by atoms with E-state index >= 15 is 0 Å². The van der Waals surface area contributed by atoms with Crippen LogP contribution in [-0.2, 0) is 4.79 Å². The largest absolute Gasteiger partial charge is 0.355 e. The summed E-state index contributed by atoms with van der Waals surface area (Å²) in [5.74, 6) is 0.340. The molecule has 106 valence electrons. The van der Waals surface area contributed by atoms with Gasteiger partial charge in [-0.15, -0.1) is 10.2 Å². The maximum absolute atomic E-state index is 12.0. The number of nitrogens with one attached hydrogen (secondary N) is 1. The number of hydrogen-bond donors (Lipinski definition) is 1. The van der Waals surface area contributed by atoms with E-state index in [2.05, 4.69) is 34.6 Å². The van der Waals surface area contributed by atoms with Crippen molar-refractivity contribution in [3.8, 4) is 0 Å². The Morgan fingerprint density at radius 3 is 2.75 bits per heavy atom. The van der Waals surface area contributed by atoms with Crippen LogP contribution in [0.25, 0.3) is 0 Å². The molecule has 20 heavy (non-hydrogen) atoms. The summed E-state index contributed by atoms with van der Waals surface area (Å²) in [5, 5.41) is 10.5. The quantitative estimate of drug-likeness (QED) is 0.834. The van der Waals surface area contributed by atoms with Gasteiger partial charge in [0.2, 0.25) is 5.91 Å². The van der Waals surface area contributed by atoms with Crippen molar-refractivity contribution < 1.29 is 4.79 Å². The molecule has 1 N–H and O–H groups in total. The zero-order chi connectivity index (χ0) is 14.4. The molecule has 0 unspecified atom stereocenters. The average Bonchev–Trinajstić information content (AvgIpc) is 2.98. The van der Waals surface area contributed by atoms with E-state index < -0.39 is 0 Å². The SMILES string of the molecule is C[C@H](CNC(=O)[C@@H](C)Sc1nncs1)c1ccccc1. The molecule has 0 saturated carbocycles. The number of rotatable bonds is 6. The lowest BCUT2D eigenvalue weighted by Crippen LogP contribution is -2.33. The second-order valence-corrected chi connectivity index (χ2v) is 6.94. The molecule has 0 spiro atoms. The summed E-state index contributed by atoms with van der Waals surface area (Å²) in [4.78, 5) is 12.0. The Balaban J connectivity index is 1.80. The zero-order valence-electron chi connectivity index (χ0n) is 11.4. The van der Waals surface area contributed by atoms with Crippen LogP contribution in [0.3, 0.4) is 0 Å². The lowest BCUT2D eigenvalue weighted by Gasteiger charge is -2.15. The number of hydrogen-bond acceptors (Lipinski definition) is 5. The summed E-state index contributed by atoms with van der Waals surface area (Å²) >= 11 is 2.89. The Morgan fingerprint density at radius 2 is 2.10 bits per heavy atom. The van der Waals surface area contributed by atoms with E-state index in [1.807, 2.05) is 25.1 Å². The van der Waals surface area contributed by atoms with Crippen LogP contribution in [-0.4, -0.2) is 27.9 Å². The number of amides is 1. The molecule has 2 atom stereocenters. The molecule has 2 rings (SSSR count). The molecule has 1 amide bonds. The van der Waals surface area contributed by atoms with Gasteiger partial charge in [0.1, 0.15) is 5.51 Å². The van der Waals surface area contributed by atoms with Crippen LogP contribution in [0.1, 0.15) is 25.3 Å². The van der Waals surface area contributed by atoms with Crippen LogP contribution in [0.2, 0.25) is 0 Å². The van der Waals surface area contributed by atoms with E-state index in [1.54, 1.807) is 5.51 Å². The van der Waals surface area contributed by atoms with E-state index in [0.29, 0.717) is 12.5 Å². The Bertz CT molecular complexity index is 531. The average molecular weight is 307 g/mol. The molecule has 1 aromatic heterocycles. The van der Waals surface area contributed by atoms with Crippen LogP contribution in [0, 0.1) is 0 Å². The van der Waals surface area contributed by atoms with Gasteiger partial charge in [-0.2, -0.15) is 0 Å². The van der Waals surface area contributed by atoms with Crippen molar-refractivity contribution in [3.63, 3.8) is 0 Å². The molecule has 0 aliphatic carbocycles. The molecule has 2 aromatic rings. The summed E-state index contributed by atoms with van der Waals surface area (Å²) in [6.45, 7) is 4.64. The van der Waals surface area contributed by atoms with E-state index in [1.165, 1.54) is 28.7 Å². The molecule has 0 bridgehead atoms. The first-order chi connectivity index (χ1) is 9.66. The minimum atomic E-state index is -0.161. The molecule has 0 saturated heterocycles. The van der Waals surface area contributed by atoms with E-state index in [9.17, 15) is 4.79 Å². The third-order valence-corrected chi connectivity index (χ3v) is 4.85. The maximum Gasteiger partial charge on any atom is 0.233 e. The van der Waals surface area contributed by atoms with E-state index in [4.69, 9.17) is 0 Å². The molecule has 6 heteroatoms. The predicted molar refractivity (Wildman–Crippen MR) is 83.1 cm³/mol. The fraction of sp³-hybridized carbons (Fsp3) is 0.357. The van der Waals surface area contributed by atoms with Crippen LogP contribution in [0.5, 0.6) is 0 Å². The third-order valence-electron chi connectivity index (χ3n) is 2.94. The highest BCUT2D eigenvalue weighted by molar-refractivity contribution is 8.02. The van der Waals surface area contributed by atoms with Crippen molar-refractivity contribution in [2.24, 2.45) is 0 Å². The fourth-order valence-electron chi connectivity index (χ4n) is 1.72. The molecule has 1 heterocycles. The summed E-state index contributed by atoms with van der Waals surface area (Å²) < 4.78 is 0.823. The van der Waals surface area contributed by atoms with Crippen LogP contribution in [0.15, 0.2) is 40.2 Å². The highest BCUT2D eigenvalue weighted by atomic mass is 32.2. The van der Waals surface area contributed by atoms with Crippen LogP contribution < -0.4 is 5.32 Å². The molecule has 0 fully saturated rings. The lowest BCUT2D eigenvalue weighted by atomic mass is 10.0. The molecule has 4 nitrogen and oxygen atoms in total. The van der Waals surface area contributed by atoms with Crippen molar-refractivity contribution in [2.45, 2.75) is 29.4 Å². The summed E-state index contributed by atoms with van der Waals surface area (Å²) in [7, 11) is 0. The van der Waals surface area contributed by atoms with Gasteiger partial charge < -0.3 is 5.32 Å². The summed E-state index contributed by atoms with van der Waals surface area (Å²) in [6.07, 6.45) is 0. The van der Waals surface area contributed by atoms with Gasteiger partial charge in [-0.3, -0.25) is 4.79 Å². The number of thioether (sulfide) groups is 1. The summed E-state index contributed by atoms with van der Waals surface area (Å²) in [6, 6.07) is 10.2. The number of carbonyl (C=O) groups is 1. The monoisotopic (exact) mass is 307 g/mol. The minimum absolute atomic E-state index is 0.0352. The second kappa shape index (κ2) is 7.40. The number of carbonyl (C=O) groups excluding carboxylic acids is 1. The Labute approximate surface area is 127 Å². The highest BCUT2D eigenvalue weighted by Gasteiger charge is 2.16. The number of benzene rings is 1. The Morgan fingerprint density at radius 1 is 1.35 bits per heavy atom. The number of aromatic nitrogens is 2. The third kappa shape index (κ3) is 4.31. The molecule has 0 radical (unpaired) electrons. The van der Waals surface area contributed by atoms with Crippen molar-refractivity contribution in [1.29, 1.82) is 0 Å². The fourth-order valence-corrected chi connectivity index (χ4v) is 3.37. The van der Waals surface area contributed by atoms with E-state index in [0.717, 1.165) is 4.34 Å². The maximum atomic E-state index is 12.0. The molecule has 1 aromatic carbocycles. The van der Waals surface area contributed by atoms with Crippen molar-refractivity contribution in [3.05, 3.63) is 41.4 Å². The first-order valence-corrected chi connectivity index (χ1v) is 8.18. The van der Waals surface area contributed by atoms with Crippen LogP contribution in [0.4, 0.5) is 0 Å². The highest BCUT2D eigenvalue weighted by Crippen LogP contribution is 2.24. The predicted octanol–water partition coefficient (Wildman–Crippen LogP) is 2.94. The number of nitrogens with zero attached hydrogens (tertiary/aromatic N) is 2. The van der Waals surface area contributed by atoms with Gasteiger partial charge in [0.05, 0.1) is 5.25 Å². The second-order valence-electron chi connectivity index (χ2n) is 4.52. The van der Waals surface area contributed by atoms with Crippen molar-refractivity contribution in [2.75, 3.05) is 6.54 Å². The molecular formula is C14H17N3OS2. The van der Waals surface area contributed by atoms with Gasteiger partial charge in [0, 0.05) is 6.54 Å². The summed E-state index contributed by atoms with van der Waals surface area (Å²) in [5.41, 5.74) is 2.90. The first-order valence-electron chi connectivity index (χ1n) is 6.42. The standard InChI is InChI=1S/C14H17N3OS2/c1-10(12-6-4-3-5-7-12)8-15-13(18)11(2)20-14-17-16-9-19-14/h3-7,9-11H,8H2,1-2H3,(H,15,18)/t10-,11-/m1/s1.